The Kier molecular flexibility index (Phi) is 7.18. The molecule has 1 aliphatic heterocycles. The van der Waals surface area contributed by atoms with E-state index >= 15 is 0 Å². The van der Waals surface area contributed by atoms with Crippen LogP contribution in [-0.4, -0.2) is 32.5 Å². The first-order valence-corrected chi connectivity index (χ1v) is 12.3. The molecule has 6 heteroatoms. The molecule has 0 aromatic heterocycles. The summed E-state index contributed by atoms with van der Waals surface area (Å²) in [6, 6.07) is 22.0. The highest BCUT2D eigenvalue weighted by Gasteiger charge is 2.38. The molecule has 5 nitrogen and oxygen atoms in total. The van der Waals surface area contributed by atoms with E-state index in [9.17, 15) is 9.59 Å². The van der Waals surface area contributed by atoms with E-state index < -0.39 is 0 Å². The summed E-state index contributed by atoms with van der Waals surface area (Å²) in [6.45, 7) is 4.48. The zero-order valence-electron chi connectivity index (χ0n) is 20.8. The molecule has 0 radical (unpaired) electrons. The van der Waals surface area contributed by atoms with Crippen LogP contribution in [0.3, 0.4) is 0 Å². The van der Waals surface area contributed by atoms with Gasteiger partial charge in [0, 0.05) is 50.1 Å². The highest BCUT2D eigenvalue weighted by atomic mass is 35.5. The van der Waals surface area contributed by atoms with Crippen LogP contribution in [-0.2, 0) is 21.4 Å². The molecule has 2 amide bonds. The Morgan fingerprint density at radius 2 is 1.74 bits per heavy atom. The molecular weight excluding hydrogens is 458 g/mol. The van der Waals surface area contributed by atoms with Crippen molar-refractivity contribution < 1.29 is 9.59 Å². The topological polar surface area (TPSA) is 52.7 Å². The zero-order valence-corrected chi connectivity index (χ0v) is 21.5. The van der Waals surface area contributed by atoms with Gasteiger partial charge in [-0.3, -0.25) is 9.59 Å². The number of halogens is 1. The monoisotopic (exact) mass is 489 g/mol. The average molecular weight is 490 g/mol. The fourth-order valence-electron chi connectivity index (χ4n) is 4.86. The summed E-state index contributed by atoms with van der Waals surface area (Å²) in [5.41, 5.74) is 5.55. The summed E-state index contributed by atoms with van der Waals surface area (Å²) >= 11 is 5.98. The summed E-state index contributed by atoms with van der Waals surface area (Å²) in [5.74, 6) is -0.0329. The Morgan fingerprint density at radius 3 is 2.37 bits per heavy atom. The van der Waals surface area contributed by atoms with Gasteiger partial charge in [0.05, 0.1) is 11.4 Å². The smallest absolute Gasteiger partial charge is 0.224 e. The average Bonchev–Trinajstić information content (AvgIpc) is 2.84. The number of carbonyl (C=O) groups is 2. The molecular formula is C29H32ClN3O2. The fraction of sp³-hybridized carbons (Fsp3) is 0.310. The van der Waals surface area contributed by atoms with Crippen molar-refractivity contribution in [2.75, 3.05) is 35.8 Å². The highest BCUT2D eigenvalue weighted by molar-refractivity contribution is 6.30. The number of nitrogens with one attached hydrogen (secondary N) is 1. The third kappa shape index (κ3) is 5.20. The second-order valence-electron chi connectivity index (χ2n) is 9.57. The normalized spacial score (nSPS) is 17.0. The van der Waals surface area contributed by atoms with Crippen LogP contribution in [0.25, 0.3) is 0 Å². The molecule has 1 aliphatic rings. The molecule has 35 heavy (non-hydrogen) atoms. The van der Waals surface area contributed by atoms with Gasteiger partial charge in [0.25, 0.3) is 0 Å². The molecule has 3 aromatic rings. The van der Waals surface area contributed by atoms with Crippen LogP contribution < -0.4 is 15.1 Å². The maximum atomic E-state index is 13.0. The number of hydrogen-bond donors (Lipinski definition) is 1. The zero-order chi connectivity index (χ0) is 25.2. The first-order valence-electron chi connectivity index (χ1n) is 11.9. The van der Waals surface area contributed by atoms with Crippen molar-refractivity contribution in [1.82, 2.24) is 0 Å². The summed E-state index contributed by atoms with van der Waals surface area (Å²) in [7, 11) is 3.89. The van der Waals surface area contributed by atoms with Gasteiger partial charge < -0.3 is 15.1 Å². The van der Waals surface area contributed by atoms with Crippen molar-refractivity contribution >= 4 is 40.5 Å². The van der Waals surface area contributed by atoms with Crippen LogP contribution >= 0.6 is 11.6 Å². The van der Waals surface area contributed by atoms with Crippen LogP contribution in [0.15, 0.2) is 66.7 Å². The molecule has 0 spiro atoms. The minimum atomic E-state index is -0.282. The molecule has 0 fully saturated rings. The lowest BCUT2D eigenvalue weighted by molar-refractivity contribution is -0.117. The number of benzene rings is 3. The molecule has 1 heterocycles. The van der Waals surface area contributed by atoms with Gasteiger partial charge in [0.2, 0.25) is 11.8 Å². The largest absolute Gasteiger partial charge is 0.376 e. The van der Waals surface area contributed by atoms with Crippen molar-refractivity contribution in [3.05, 3.63) is 88.4 Å². The molecule has 1 atom stereocenters. The quantitative estimate of drug-likeness (QED) is 0.459. The minimum absolute atomic E-state index is 0.0193. The highest BCUT2D eigenvalue weighted by Crippen LogP contribution is 2.47. The van der Waals surface area contributed by atoms with Crippen molar-refractivity contribution in [1.29, 1.82) is 0 Å². The van der Waals surface area contributed by atoms with Crippen molar-refractivity contribution in [2.45, 2.75) is 38.5 Å². The number of anilines is 3. The summed E-state index contributed by atoms with van der Waals surface area (Å²) in [6.07, 6.45) is 1.79. The van der Waals surface area contributed by atoms with Gasteiger partial charge in [-0.05, 0) is 53.8 Å². The number of aryl methyl sites for hydroxylation is 1. The van der Waals surface area contributed by atoms with Gasteiger partial charge >= 0.3 is 0 Å². The predicted octanol–water partition coefficient (Wildman–Crippen LogP) is 6.04. The maximum absolute atomic E-state index is 13.0. The molecule has 0 saturated heterocycles. The fourth-order valence-corrected chi connectivity index (χ4v) is 4.98. The lowest BCUT2D eigenvalue weighted by Gasteiger charge is -2.42. The van der Waals surface area contributed by atoms with Gasteiger partial charge in [-0.2, -0.15) is 0 Å². The van der Waals surface area contributed by atoms with Crippen molar-refractivity contribution in [3.63, 3.8) is 0 Å². The first kappa shape index (κ1) is 24.8. The summed E-state index contributed by atoms with van der Waals surface area (Å²) < 4.78 is 0. The van der Waals surface area contributed by atoms with Gasteiger partial charge in [-0.1, -0.05) is 61.0 Å². The Balaban J connectivity index is 1.71. The van der Waals surface area contributed by atoms with Crippen molar-refractivity contribution in [2.24, 2.45) is 0 Å². The van der Waals surface area contributed by atoms with Gasteiger partial charge in [-0.25, -0.2) is 0 Å². The van der Waals surface area contributed by atoms with E-state index in [0.717, 1.165) is 34.6 Å². The number of hydrogen-bond acceptors (Lipinski definition) is 3. The molecule has 0 aliphatic carbocycles. The molecule has 1 unspecified atom stereocenters. The first-order chi connectivity index (χ1) is 16.7. The van der Waals surface area contributed by atoms with Gasteiger partial charge in [0.15, 0.2) is 0 Å². The van der Waals surface area contributed by atoms with E-state index in [1.54, 1.807) is 6.92 Å². The van der Waals surface area contributed by atoms with Gasteiger partial charge in [-0.15, -0.1) is 0 Å². The van der Waals surface area contributed by atoms with Crippen molar-refractivity contribution in [3.8, 4) is 0 Å². The minimum Gasteiger partial charge on any atom is -0.376 e. The molecule has 0 saturated carbocycles. The lowest BCUT2D eigenvalue weighted by atomic mass is 9.70. The lowest BCUT2D eigenvalue weighted by Crippen LogP contribution is -2.42. The van der Waals surface area contributed by atoms with Crippen LogP contribution in [0.2, 0.25) is 5.02 Å². The third-order valence-electron chi connectivity index (χ3n) is 6.94. The molecule has 3 aromatic carbocycles. The Hall–Kier alpha value is -3.31. The van der Waals surface area contributed by atoms with Crippen LogP contribution in [0.5, 0.6) is 0 Å². The number of rotatable bonds is 6. The molecule has 4 rings (SSSR count). The van der Waals surface area contributed by atoms with E-state index in [1.807, 2.05) is 72.4 Å². The van der Waals surface area contributed by atoms with Crippen LogP contribution in [0.1, 0.15) is 43.4 Å². The van der Waals surface area contributed by atoms with Gasteiger partial charge in [0.1, 0.15) is 0 Å². The second kappa shape index (κ2) is 10.1. The third-order valence-corrected chi connectivity index (χ3v) is 7.19. The van der Waals surface area contributed by atoms with E-state index in [0.29, 0.717) is 24.4 Å². The predicted molar refractivity (Wildman–Crippen MR) is 145 cm³/mol. The molecule has 1 N–H and O–H groups in total. The SMILES string of the molecule is CC(=O)N1CCC(C)(c2ccccc2)c2cc(NC(=O)CCc3ccc(Cl)cc3)c(N(C)C)cc21. The number of nitrogens with zero attached hydrogens (tertiary/aromatic N) is 2. The standard InChI is InChI=1S/C29H32ClN3O2/c1-20(34)33-17-16-29(2,22-8-6-5-7-9-22)24-18-25(27(32(3)4)19-26(24)33)31-28(35)15-12-21-10-13-23(30)14-11-21/h5-11,13-14,18-19H,12,15-17H2,1-4H3,(H,31,35). The maximum Gasteiger partial charge on any atom is 0.224 e. The number of fused-ring (bicyclic) bond motifs is 1. The van der Waals surface area contributed by atoms with E-state index in [4.69, 9.17) is 11.6 Å². The summed E-state index contributed by atoms with van der Waals surface area (Å²) in [4.78, 5) is 29.3. The van der Waals surface area contributed by atoms with E-state index in [-0.39, 0.29) is 17.2 Å². The van der Waals surface area contributed by atoms with Crippen LogP contribution in [0, 0.1) is 0 Å². The molecule has 0 bridgehead atoms. The number of carbonyl (C=O) groups excluding carboxylic acids is 2. The van der Waals surface area contributed by atoms with E-state index in [2.05, 4.69) is 30.4 Å². The Labute approximate surface area is 212 Å². The summed E-state index contributed by atoms with van der Waals surface area (Å²) in [5, 5.41) is 3.83. The van der Waals surface area contributed by atoms with E-state index in [1.165, 1.54) is 5.56 Å². The molecule has 182 valence electrons. The Morgan fingerprint density at radius 1 is 1.06 bits per heavy atom. The van der Waals surface area contributed by atoms with Crippen LogP contribution in [0.4, 0.5) is 17.1 Å². The number of amides is 2. The second-order valence-corrected chi connectivity index (χ2v) is 10.0. The Bertz CT molecular complexity index is 1220.